The smallest absolute Gasteiger partial charge is 0.137 e. The van der Waals surface area contributed by atoms with Crippen LogP contribution in [0, 0.1) is 0 Å². The van der Waals surface area contributed by atoms with Crippen LogP contribution in [0.5, 0.6) is 0 Å². The van der Waals surface area contributed by atoms with E-state index in [0.29, 0.717) is 19.8 Å². The number of rotatable bonds is 5. The van der Waals surface area contributed by atoms with Crippen LogP contribution in [0.3, 0.4) is 0 Å². The van der Waals surface area contributed by atoms with Gasteiger partial charge in [0.1, 0.15) is 12.7 Å². The Morgan fingerprint density at radius 1 is 1.67 bits per heavy atom. The number of hydrogen-bond donors (Lipinski definition) is 1. The topological polar surface area (TPSA) is 60.2 Å². The highest BCUT2D eigenvalue weighted by Gasteiger charge is 2.04. The Morgan fingerprint density at radius 3 is 3.08 bits per heavy atom. The van der Waals surface area contributed by atoms with Crippen molar-refractivity contribution in [3.05, 3.63) is 12.7 Å². The van der Waals surface area contributed by atoms with Crippen LogP contribution in [-0.4, -0.2) is 39.2 Å². The number of aromatic nitrogens is 3. The van der Waals surface area contributed by atoms with Crippen LogP contribution in [-0.2, 0) is 11.3 Å². The first-order valence-electron chi connectivity index (χ1n) is 3.91. The number of aliphatic hydroxyl groups is 1. The van der Waals surface area contributed by atoms with Crippen LogP contribution in [0.15, 0.2) is 12.7 Å². The lowest BCUT2D eigenvalue weighted by molar-refractivity contribution is 0.0316. The maximum absolute atomic E-state index is 9.34. The molecule has 0 aromatic carbocycles. The van der Waals surface area contributed by atoms with Gasteiger partial charge in [0, 0.05) is 6.61 Å². The van der Waals surface area contributed by atoms with Gasteiger partial charge in [-0.2, -0.15) is 5.10 Å². The van der Waals surface area contributed by atoms with Gasteiger partial charge in [-0.3, -0.25) is 4.68 Å². The second-order valence-corrected chi connectivity index (χ2v) is 2.43. The van der Waals surface area contributed by atoms with Gasteiger partial charge in [0.2, 0.25) is 0 Å². The highest BCUT2D eigenvalue weighted by Crippen LogP contribution is 1.90. The van der Waals surface area contributed by atoms with E-state index in [1.165, 1.54) is 6.33 Å². The van der Waals surface area contributed by atoms with Gasteiger partial charge in [-0.05, 0) is 6.92 Å². The van der Waals surface area contributed by atoms with Gasteiger partial charge >= 0.3 is 0 Å². The molecule has 0 aliphatic heterocycles. The Balaban J connectivity index is 2.22. The predicted molar refractivity (Wildman–Crippen MR) is 42.5 cm³/mol. The lowest BCUT2D eigenvalue weighted by atomic mass is 10.4. The zero-order valence-corrected chi connectivity index (χ0v) is 7.05. The second-order valence-electron chi connectivity index (χ2n) is 2.43. The van der Waals surface area contributed by atoms with Crippen LogP contribution in [0.1, 0.15) is 6.92 Å². The standard InChI is InChI=1S/C7H13N3O2/c1-2-12-4-7(11)3-10-6-8-5-9-10/h5-7,11H,2-4H2,1H3. The molecule has 1 N–H and O–H groups in total. The third kappa shape index (κ3) is 2.98. The van der Waals surface area contributed by atoms with E-state index in [-0.39, 0.29) is 0 Å². The van der Waals surface area contributed by atoms with Gasteiger partial charge in [0.25, 0.3) is 0 Å². The zero-order chi connectivity index (χ0) is 8.81. The van der Waals surface area contributed by atoms with Gasteiger partial charge in [-0.15, -0.1) is 0 Å². The molecular formula is C7H13N3O2. The molecule has 68 valence electrons. The van der Waals surface area contributed by atoms with Crippen LogP contribution in [0.4, 0.5) is 0 Å². The highest BCUT2D eigenvalue weighted by atomic mass is 16.5. The SMILES string of the molecule is CCOCC(O)Cn1cncn1. The molecule has 0 bridgehead atoms. The Hall–Kier alpha value is -0.940. The van der Waals surface area contributed by atoms with E-state index in [1.807, 2.05) is 6.92 Å². The minimum Gasteiger partial charge on any atom is -0.389 e. The molecule has 1 atom stereocenters. The van der Waals surface area contributed by atoms with Crippen molar-refractivity contribution in [2.75, 3.05) is 13.2 Å². The van der Waals surface area contributed by atoms with E-state index in [4.69, 9.17) is 4.74 Å². The quantitative estimate of drug-likeness (QED) is 0.659. The van der Waals surface area contributed by atoms with Gasteiger partial charge in [-0.25, -0.2) is 4.98 Å². The maximum atomic E-state index is 9.34. The number of hydrogen-bond acceptors (Lipinski definition) is 4. The molecule has 0 saturated carbocycles. The normalized spacial score (nSPS) is 13.2. The largest absolute Gasteiger partial charge is 0.389 e. The molecule has 1 aromatic heterocycles. The summed E-state index contributed by atoms with van der Waals surface area (Å²) < 4.78 is 6.61. The molecule has 12 heavy (non-hydrogen) atoms. The lowest BCUT2D eigenvalue weighted by Gasteiger charge is -2.09. The molecule has 1 aromatic rings. The van der Waals surface area contributed by atoms with E-state index in [2.05, 4.69) is 10.1 Å². The van der Waals surface area contributed by atoms with Crippen molar-refractivity contribution in [1.29, 1.82) is 0 Å². The third-order valence-corrected chi connectivity index (χ3v) is 1.38. The molecule has 0 spiro atoms. The summed E-state index contributed by atoms with van der Waals surface area (Å²) in [4.78, 5) is 3.76. The summed E-state index contributed by atoms with van der Waals surface area (Å²) in [5, 5.41) is 13.2. The Kier molecular flexibility index (Phi) is 3.69. The highest BCUT2D eigenvalue weighted by molar-refractivity contribution is 4.60. The molecule has 0 fully saturated rings. The van der Waals surface area contributed by atoms with Crippen LogP contribution in [0.2, 0.25) is 0 Å². The maximum Gasteiger partial charge on any atom is 0.137 e. The molecule has 0 radical (unpaired) electrons. The van der Waals surface area contributed by atoms with Crippen LogP contribution >= 0.6 is 0 Å². The fraction of sp³-hybridized carbons (Fsp3) is 0.714. The number of nitrogens with zero attached hydrogens (tertiary/aromatic N) is 3. The molecule has 0 amide bonds. The predicted octanol–water partition coefficient (Wildman–Crippen LogP) is -0.325. The molecule has 5 heteroatoms. The molecule has 1 rings (SSSR count). The first-order valence-corrected chi connectivity index (χ1v) is 3.91. The summed E-state index contributed by atoms with van der Waals surface area (Å²) >= 11 is 0. The molecule has 0 saturated heterocycles. The molecule has 1 unspecified atom stereocenters. The molecular weight excluding hydrogens is 158 g/mol. The molecule has 0 aliphatic carbocycles. The Bertz CT molecular complexity index is 200. The van der Waals surface area contributed by atoms with Crippen molar-refractivity contribution in [2.45, 2.75) is 19.6 Å². The average molecular weight is 171 g/mol. The first kappa shape index (κ1) is 9.15. The summed E-state index contributed by atoms with van der Waals surface area (Å²) in [6.45, 7) is 3.28. The van der Waals surface area contributed by atoms with Crippen LogP contribution in [0.25, 0.3) is 0 Å². The fourth-order valence-corrected chi connectivity index (χ4v) is 0.850. The van der Waals surface area contributed by atoms with Crippen molar-refractivity contribution in [3.8, 4) is 0 Å². The van der Waals surface area contributed by atoms with E-state index in [1.54, 1.807) is 11.0 Å². The summed E-state index contributed by atoms with van der Waals surface area (Å²) in [5.74, 6) is 0. The average Bonchev–Trinajstić information content (AvgIpc) is 2.53. The van der Waals surface area contributed by atoms with Crippen molar-refractivity contribution < 1.29 is 9.84 Å². The minimum atomic E-state index is -0.508. The van der Waals surface area contributed by atoms with Crippen molar-refractivity contribution in [1.82, 2.24) is 14.8 Å². The summed E-state index contributed by atoms with van der Waals surface area (Å²) in [7, 11) is 0. The van der Waals surface area contributed by atoms with Gasteiger partial charge in [0.05, 0.1) is 19.3 Å². The molecule has 1 heterocycles. The number of ether oxygens (including phenoxy) is 1. The minimum absolute atomic E-state index is 0.344. The van der Waals surface area contributed by atoms with Gasteiger partial charge < -0.3 is 9.84 Å². The van der Waals surface area contributed by atoms with Gasteiger partial charge in [0.15, 0.2) is 0 Å². The van der Waals surface area contributed by atoms with E-state index >= 15 is 0 Å². The monoisotopic (exact) mass is 171 g/mol. The van der Waals surface area contributed by atoms with Crippen LogP contribution < -0.4 is 0 Å². The number of aliphatic hydroxyl groups excluding tert-OH is 1. The fourth-order valence-electron chi connectivity index (χ4n) is 0.850. The van der Waals surface area contributed by atoms with Crippen molar-refractivity contribution in [2.24, 2.45) is 0 Å². The summed E-state index contributed by atoms with van der Waals surface area (Å²) in [5.41, 5.74) is 0. The molecule has 0 aliphatic rings. The van der Waals surface area contributed by atoms with E-state index in [9.17, 15) is 5.11 Å². The summed E-state index contributed by atoms with van der Waals surface area (Å²) in [6, 6.07) is 0. The Labute approximate surface area is 71.0 Å². The lowest BCUT2D eigenvalue weighted by Crippen LogP contribution is -2.22. The van der Waals surface area contributed by atoms with Crippen molar-refractivity contribution in [3.63, 3.8) is 0 Å². The molecule has 5 nitrogen and oxygen atoms in total. The zero-order valence-electron chi connectivity index (χ0n) is 7.05. The first-order chi connectivity index (χ1) is 5.83. The Morgan fingerprint density at radius 2 is 2.50 bits per heavy atom. The summed E-state index contributed by atoms with van der Waals surface area (Å²) in [6.07, 6.45) is 2.49. The van der Waals surface area contributed by atoms with E-state index in [0.717, 1.165) is 0 Å². The van der Waals surface area contributed by atoms with Crippen molar-refractivity contribution >= 4 is 0 Å². The van der Waals surface area contributed by atoms with E-state index < -0.39 is 6.10 Å². The third-order valence-electron chi connectivity index (χ3n) is 1.38. The van der Waals surface area contributed by atoms with Gasteiger partial charge in [-0.1, -0.05) is 0 Å². The second kappa shape index (κ2) is 4.84.